The highest BCUT2D eigenvalue weighted by molar-refractivity contribution is 7.89. The zero-order valence-corrected chi connectivity index (χ0v) is 15.0. The van der Waals surface area contributed by atoms with Crippen LogP contribution in [0.15, 0.2) is 54.5 Å². The number of carbonyl (C=O) groups excluding carboxylic acids is 1. The first-order valence-corrected chi connectivity index (χ1v) is 9.68. The summed E-state index contributed by atoms with van der Waals surface area (Å²) in [6.45, 7) is 8.89. The largest absolute Gasteiger partial charge is 0.377 e. The Kier molecular flexibility index (Phi) is 6.92. The Morgan fingerprint density at radius 2 is 2.04 bits per heavy atom. The van der Waals surface area contributed by atoms with Crippen molar-refractivity contribution in [3.8, 4) is 0 Å². The summed E-state index contributed by atoms with van der Waals surface area (Å²) in [6.07, 6.45) is 4.93. The fourth-order valence-electron chi connectivity index (χ4n) is 2.62. The molecule has 1 amide bonds. The molecule has 136 valence electrons. The molecule has 1 N–H and O–H groups in total. The lowest BCUT2D eigenvalue weighted by Crippen LogP contribution is -2.33. The Morgan fingerprint density at radius 1 is 1.32 bits per heavy atom. The third kappa shape index (κ3) is 5.26. The van der Waals surface area contributed by atoms with Crippen LogP contribution in [0.3, 0.4) is 0 Å². The Bertz CT molecular complexity index is 714. The first-order chi connectivity index (χ1) is 12.0. The molecule has 1 atom stereocenters. The molecule has 1 aliphatic heterocycles. The van der Waals surface area contributed by atoms with Crippen LogP contribution in [-0.4, -0.2) is 51.6 Å². The van der Waals surface area contributed by atoms with Crippen LogP contribution in [0.5, 0.6) is 0 Å². The van der Waals surface area contributed by atoms with E-state index in [1.165, 1.54) is 17.0 Å². The Balaban J connectivity index is 2.14. The Morgan fingerprint density at radius 3 is 2.64 bits per heavy atom. The van der Waals surface area contributed by atoms with Gasteiger partial charge in [-0.05, 0) is 31.0 Å². The van der Waals surface area contributed by atoms with E-state index in [2.05, 4.69) is 17.9 Å². The van der Waals surface area contributed by atoms with Crippen molar-refractivity contribution in [2.45, 2.75) is 23.8 Å². The maximum atomic E-state index is 12.6. The summed E-state index contributed by atoms with van der Waals surface area (Å²) < 4.78 is 32.9. The summed E-state index contributed by atoms with van der Waals surface area (Å²) in [7, 11) is -3.70. The minimum absolute atomic E-state index is 0.0634. The highest BCUT2D eigenvalue weighted by Gasteiger charge is 2.22. The summed E-state index contributed by atoms with van der Waals surface area (Å²) >= 11 is 0. The van der Waals surface area contributed by atoms with Gasteiger partial charge in [-0.25, -0.2) is 13.1 Å². The van der Waals surface area contributed by atoms with Gasteiger partial charge in [0.1, 0.15) is 0 Å². The van der Waals surface area contributed by atoms with Crippen LogP contribution in [0.25, 0.3) is 0 Å². The van der Waals surface area contributed by atoms with E-state index in [9.17, 15) is 13.2 Å². The molecule has 1 aliphatic rings. The lowest BCUT2D eigenvalue weighted by atomic mass is 10.2. The third-order valence-corrected chi connectivity index (χ3v) is 5.32. The van der Waals surface area contributed by atoms with Crippen LogP contribution < -0.4 is 4.72 Å². The van der Waals surface area contributed by atoms with Crippen molar-refractivity contribution in [2.75, 3.05) is 26.2 Å². The Hall–Kier alpha value is -1.96. The van der Waals surface area contributed by atoms with Crippen molar-refractivity contribution >= 4 is 15.9 Å². The first kappa shape index (κ1) is 19.4. The SMILES string of the molecule is C=CCN(CC=C)C(=O)c1cccc(S(=O)(=O)NCC2CCCO2)c1. The summed E-state index contributed by atoms with van der Waals surface area (Å²) in [6, 6.07) is 6.02. The molecule has 1 unspecified atom stereocenters. The smallest absolute Gasteiger partial charge is 0.254 e. The molecule has 0 aliphatic carbocycles. The normalized spacial score (nSPS) is 17.2. The molecule has 7 heteroatoms. The number of hydrogen-bond acceptors (Lipinski definition) is 4. The molecule has 1 aromatic carbocycles. The molecule has 1 aromatic rings. The van der Waals surface area contributed by atoms with Gasteiger partial charge >= 0.3 is 0 Å². The van der Waals surface area contributed by atoms with Gasteiger partial charge in [0.25, 0.3) is 5.91 Å². The number of carbonyl (C=O) groups is 1. The van der Waals surface area contributed by atoms with Crippen molar-refractivity contribution < 1.29 is 17.9 Å². The predicted molar refractivity (Wildman–Crippen MR) is 96.9 cm³/mol. The van der Waals surface area contributed by atoms with Crippen molar-refractivity contribution in [3.63, 3.8) is 0 Å². The van der Waals surface area contributed by atoms with E-state index in [-0.39, 0.29) is 23.5 Å². The van der Waals surface area contributed by atoms with Gasteiger partial charge in [0.2, 0.25) is 10.0 Å². The molecule has 25 heavy (non-hydrogen) atoms. The highest BCUT2D eigenvalue weighted by Crippen LogP contribution is 2.15. The minimum Gasteiger partial charge on any atom is -0.377 e. The second kappa shape index (κ2) is 8.94. The topological polar surface area (TPSA) is 75.7 Å². The van der Waals surface area contributed by atoms with Crippen LogP contribution >= 0.6 is 0 Å². The van der Waals surface area contributed by atoms with Crippen molar-refractivity contribution in [1.82, 2.24) is 9.62 Å². The third-order valence-electron chi connectivity index (χ3n) is 3.90. The van der Waals surface area contributed by atoms with Crippen LogP contribution in [0, 0.1) is 0 Å². The second-order valence-corrected chi connectivity index (χ2v) is 7.57. The van der Waals surface area contributed by atoms with Gasteiger partial charge in [0.05, 0.1) is 11.0 Å². The number of ether oxygens (including phenoxy) is 1. The number of rotatable bonds is 9. The van der Waals surface area contributed by atoms with E-state index in [1.54, 1.807) is 24.3 Å². The standard InChI is InChI=1S/C18H24N2O4S/c1-3-10-20(11-4-2)18(21)15-7-5-9-17(13-15)25(22,23)19-14-16-8-6-12-24-16/h3-5,7,9,13,16,19H,1-2,6,8,10-12,14H2. The van der Waals surface area contributed by atoms with E-state index in [0.29, 0.717) is 25.3 Å². The first-order valence-electron chi connectivity index (χ1n) is 8.20. The Labute approximate surface area is 149 Å². The van der Waals surface area contributed by atoms with Gasteiger partial charge in [-0.15, -0.1) is 13.2 Å². The number of sulfonamides is 1. The van der Waals surface area contributed by atoms with Crippen molar-refractivity contribution in [1.29, 1.82) is 0 Å². The maximum Gasteiger partial charge on any atom is 0.254 e. The van der Waals surface area contributed by atoms with Gasteiger partial charge < -0.3 is 9.64 Å². The molecule has 0 saturated carbocycles. The minimum atomic E-state index is -3.70. The molecule has 2 rings (SSSR count). The van der Waals surface area contributed by atoms with Gasteiger partial charge in [-0.1, -0.05) is 18.2 Å². The summed E-state index contributed by atoms with van der Waals surface area (Å²) in [4.78, 5) is 14.2. The molecule has 0 spiro atoms. The van der Waals surface area contributed by atoms with E-state index < -0.39 is 10.0 Å². The van der Waals surface area contributed by atoms with Gasteiger partial charge in [0, 0.05) is 31.8 Å². The molecule has 0 radical (unpaired) electrons. The van der Waals surface area contributed by atoms with Gasteiger partial charge in [0.15, 0.2) is 0 Å². The number of amides is 1. The average Bonchev–Trinajstić information content (AvgIpc) is 3.13. The fourth-order valence-corrected chi connectivity index (χ4v) is 3.73. The molecule has 1 fully saturated rings. The zero-order chi connectivity index (χ0) is 18.3. The van der Waals surface area contributed by atoms with Gasteiger partial charge in [-0.2, -0.15) is 0 Å². The molecular formula is C18H24N2O4S. The molecule has 1 heterocycles. The van der Waals surface area contributed by atoms with E-state index in [0.717, 1.165) is 12.8 Å². The summed E-state index contributed by atoms with van der Waals surface area (Å²) in [5.74, 6) is -0.268. The van der Waals surface area contributed by atoms with Crippen LogP contribution in [-0.2, 0) is 14.8 Å². The maximum absolute atomic E-state index is 12.6. The van der Waals surface area contributed by atoms with Crippen LogP contribution in [0.2, 0.25) is 0 Å². The molecule has 0 bridgehead atoms. The molecular weight excluding hydrogens is 340 g/mol. The number of nitrogens with zero attached hydrogens (tertiary/aromatic N) is 1. The summed E-state index contributed by atoms with van der Waals surface area (Å²) in [5.41, 5.74) is 0.309. The quantitative estimate of drug-likeness (QED) is 0.680. The van der Waals surface area contributed by atoms with E-state index in [4.69, 9.17) is 4.74 Å². The van der Waals surface area contributed by atoms with Crippen molar-refractivity contribution in [3.05, 3.63) is 55.1 Å². The number of hydrogen-bond donors (Lipinski definition) is 1. The van der Waals surface area contributed by atoms with E-state index in [1.807, 2.05) is 0 Å². The molecule has 6 nitrogen and oxygen atoms in total. The van der Waals surface area contributed by atoms with Gasteiger partial charge in [-0.3, -0.25) is 4.79 Å². The molecule has 1 saturated heterocycles. The summed E-state index contributed by atoms with van der Waals surface area (Å²) in [5, 5.41) is 0. The molecule has 0 aromatic heterocycles. The predicted octanol–water partition coefficient (Wildman–Crippen LogP) is 1.96. The second-order valence-electron chi connectivity index (χ2n) is 5.80. The lowest BCUT2D eigenvalue weighted by molar-refractivity contribution is 0.0790. The van der Waals surface area contributed by atoms with Crippen LogP contribution in [0.4, 0.5) is 0 Å². The van der Waals surface area contributed by atoms with E-state index >= 15 is 0 Å². The van der Waals surface area contributed by atoms with Crippen molar-refractivity contribution in [2.24, 2.45) is 0 Å². The lowest BCUT2D eigenvalue weighted by Gasteiger charge is -2.19. The van der Waals surface area contributed by atoms with Crippen LogP contribution in [0.1, 0.15) is 23.2 Å². The average molecular weight is 364 g/mol. The zero-order valence-electron chi connectivity index (χ0n) is 14.2. The monoisotopic (exact) mass is 364 g/mol. The number of benzene rings is 1. The number of nitrogens with one attached hydrogen (secondary N) is 1. The fraction of sp³-hybridized carbons (Fsp3) is 0.389. The highest BCUT2D eigenvalue weighted by atomic mass is 32.2.